The fourth-order valence-electron chi connectivity index (χ4n) is 1.92. The Morgan fingerprint density at radius 1 is 1.60 bits per heavy atom. The van der Waals surface area contributed by atoms with Gasteiger partial charge in [0.05, 0.1) is 5.69 Å². The minimum atomic E-state index is 0.397. The van der Waals surface area contributed by atoms with Crippen molar-refractivity contribution in [3.05, 3.63) is 18.0 Å². The van der Waals surface area contributed by atoms with E-state index in [1.807, 2.05) is 0 Å². The van der Waals surface area contributed by atoms with Gasteiger partial charge in [-0.15, -0.1) is 0 Å². The lowest BCUT2D eigenvalue weighted by molar-refractivity contribution is 0.460. The molecule has 0 aliphatic heterocycles. The standard InChI is InChI=1S/C12H21N3/c1-3-10(2)15-7-4-11(14-15)8-12(9-13)5-6-12/h4,7,10H,3,5-6,8-9,13H2,1-2H3. The Balaban J connectivity index is 2.01. The van der Waals surface area contributed by atoms with Crippen molar-refractivity contribution in [3.63, 3.8) is 0 Å². The molecule has 1 fully saturated rings. The van der Waals surface area contributed by atoms with Crippen LogP contribution in [0.15, 0.2) is 12.3 Å². The van der Waals surface area contributed by atoms with E-state index in [9.17, 15) is 0 Å². The third-order valence-corrected chi connectivity index (χ3v) is 3.65. The number of rotatable bonds is 5. The van der Waals surface area contributed by atoms with Crippen LogP contribution in [0, 0.1) is 5.41 Å². The van der Waals surface area contributed by atoms with E-state index in [2.05, 4.69) is 35.9 Å². The van der Waals surface area contributed by atoms with Crippen LogP contribution in [0.4, 0.5) is 0 Å². The molecule has 1 saturated carbocycles. The first-order valence-electron chi connectivity index (χ1n) is 5.93. The van der Waals surface area contributed by atoms with Crippen LogP contribution < -0.4 is 5.73 Å². The molecule has 15 heavy (non-hydrogen) atoms. The molecule has 0 bridgehead atoms. The molecule has 2 rings (SSSR count). The van der Waals surface area contributed by atoms with E-state index in [4.69, 9.17) is 5.73 Å². The smallest absolute Gasteiger partial charge is 0.0630 e. The highest BCUT2D eigenvalue weighted by Crippen LogP contribution is 2.47. The van der Waals surface area contributed by atoms with Crippen LogP contribution in [-0.4, -0.2) is 16.3 Å². The Morgan fingerprint density at radius 2 is 2.33 bits per heavy atom. The summed E-state index contributed by atoms with van der Waals surface area (Å²) in [6, 6.07) is 2.65. The van der Waals surface area contributed by atoms with Gasteiger partial charge in [0, 0.05) is 12.2 Å². The Kier molecular flexibility index (Phi) is 2.83. The summed E-state index contributed by atoms with van der Waals surface area (Å²) in [7, 11) is 0. The zero-order valence-electron chi connectivity index (χ0n) is 9.74. The van der Waals surface area contributed by atoms with Crippen LogP contribution >= 0.6 is 0 Å². The molecular formula is C12H21N3. The van der Waals surface area contributed by atoms with E-state index in [1.165, 1.54) is 18.5 Å². The summed E-state index contributed by atoms with van der Waals surface area (Å²) in [6.45, 7) is 5.20. The van der Waals surface area contributed by atoms with Crippen LogP contribution in [0.2, 0.25) is 0 Å². The van der Waals surface area contributed by atoms with E-state index >= 15 is 0 Å². The zero-order valence-corrected chi connectivity index (χ0v) is 9.74. The highest BCUT2D eigenvalue weighted by atomic mass is 15.3. The second kappa shape index (κ2) is 3.97. The second-order valence-electron chi connectivity index (χ2n) is 4.93. The van der Waals surface area contributed by atoms with Crippen molar-refractivity contribution in [1.82, 2.24) is 9.78 Å². The summed E-state index contributed by atoms with van der Waals surface area (Å²) >= 11 is 0. The number of nitrogens with two attached hydrogens (primary N) is 1. The fraction of sp³-hybridized carbons (Fsp3) is 0.750. The molecule has 1 aliphatic carbocycles. The third kappa shape index (κ3) is 2.23. The molecule has 0 radical (unpaired) electrons. The highest BCUT2D eigenvalue weighted by molar-refractivity contribution is 5.08. The molecule has 3 heteroatoms. The van der Waals surface area contributed by atoms with Gasteiger partial charge < -0.3 is 5.73 Å². The normalized spacial score (nSPS) is 20.2. The summed E-state index contributed by atoms with van der Waals surface area (Å²) in [4.78, 5) is 0. The van der Waals surface area contributed by atoms with E-state index in [0.717, 1.165) is 19.4 Å². The van der Waals surface area contributed by atoms with Crippen LogP contribution in [-0.2, 0) is 6.42 Å². The Labute approximate surface area is 91.7 Å². The van der Waals surface area contributed by atoms with Crippen molar-refractivity contribution in [1.29, 1.82) is 0 Å². The number of nitrogens with zero attached hydrogens (tertiary/aromatic N) is 2. The molecule has 1 heterocycles. The Hall–Kier alpha value is -0.830. The maximum Gasteiger partial charge on any atom is 0.0630 e. The van der Waals surface area contributed by atoms with E-state index in [1.54, 1.807) is 0 Å². The molecule has 2 N–H and O–H groups in total. The lowest BCUT2D eigenvalue weighted by Gasteiger charge is -2.10. The number of hydrogen-bond donors (Lipinski definition) is 1. The average Bonchev–Trinajstić information content (AvgIpc) is 2.87. The maximum absolute atomic E-state index is 5.77. The molecule has 1 aromatic rings. The molecule has 0 spiro atoms. The van der Waals surface area contributed by atoms with E-state index in [-0.39, 0.29) is 0 Å². The van der Waals surface area contributed by atoms with Crippen LogP contribution in [0.3, 0.4) is 0 Å². The minimum absolute atomic E-state index is 0.397. The highest BCUT2D eigenvalue weighted by Gasteiger charge is 2.41. The fourth-order valence-corrected chi connectivity index (χ4v) is 1.92. The van der Waals surface area contributed by atoms with Crippen LogP contribution in [0.1, 0.15) is 44.8 Å². The third-order valence-electron chi connectivity index (χ3n) is 3.65. The monoisotopic (exact) mass is 207 g/mol. The molecule has 0 amide bonds. The summed E-state index contributed by atoms with van der Waals surface area (Å²) in [5.41, 5.74) is 7.38. The van der Waals surface area contributed by atoms with Crippen molar-refractivity contribution in [3.8, 4) is 0 Å². The second-order valence-corrected chi connectivity index (χ2v) is 4.93. The van der Waals surface area contributed by atoms with E-state index < -0.39 is 0 Å². The maximum atomic E-state index is 5.77. The summed E-state index contributed by atoms with van der Waals surface area (Å²) < 4.78 is 2.07. The van der Waals surface area contributed by atoms with Gasteiger partial charge in [0.2, 0.25) is 0 Å². The predicted molar refractivity (Wildman–Crippen MR) is 61.7 cm³/mol. The van der Waals surface area contributed by atoms with Gasteiger partial charge in [0.25, 0.3) is 0 Å². The van der Waals surface area contributed by atoms with Gasteiger partial charge in [-0.05, 0) is 50.6 Å². The molecule has 0 aromatic carbocycles. The first-order chi connectivity index (χ1) is 7.19. The quantitative estimate of drug-likeness (QED) is 0.804. The van der Waals surface area contributed by atoms with Gasteiger partial charge in [-0.25, -0.2) is 0 Å². The molecule has 1 aliphatic rings. The average molecular weight is 207 g/mol. The molecule has 1 aromatic heterocycles. The van der Waals surface area contributed by atoms with Crippen molar-refractivity contribution in [2.24, 2.45) is 11.1 Å². The van der Waals surface area contributed by atoms with Crippen molar-refractivity contribution >= 4 is 0 Å². The first-order valence-corrected chi connectivity index (χ1v) is 5.93. The van der Waals surface area contributed by atoms with Crippen LogP contribution in [0.5, 0.6) is 0 Å². The topological polar surface area (TPSA) is 43.8 Å². The van der Waals surface area contributed by atoms with Gasteiger partial charge in [0.1, 0.15) is 0 Å². The van der Waals surface area contributed by atoms with Gasteiger partial charge in [-0.1, -0.05) is 6.92 Å². The van der Waals surface area contributed by atoms with Crippen molar-refractivity contribution in [2.75, 3.05) is 6.54 Å². The largest absolute Gasteiger partial charge is 0.330 e. The van der Waals surface area contributed by atoms with Gasteiger partial charge >= 0.3 is 0 Å². The van der Waals surface area contributed by atoms with E-state index in [0.29, 0.717) is 11.5 Å². The predicted octanol–water partition coefficient (Wildman–Crippen LogP) is 2.14. The van der Waals surface area contributed by atoms with Crippen molar-refractivity contribution in [2.45, 2.75) is 45.6 Å². The Bertz CT molecular complexity index is 325. The minimum Gasteiger partial charge on any atom is -0.330 e. The molecule has 84 valence electrons. The lowest BCUT2D eigenvalue weighted by atomic mass is 10.0. The zero-order chi connectivity index (χ0) is 10.9. The van der Waals surface area contributed by atoms with Gasteiger partial charge in [0.15, 0.2) is 0 Å². The first kappa shape index (κ1) is 10.7. The lowest BCUT2D eigenvalue weighted by Crippen LogP contribution is -2.18. The van der Waals surface area contributed by atoms with Gasteiger partial charge in [-0.3, -0.25) is 4.68 Å². The van der Waals surface area contributed by atoms with Gasteiger partial charge in [-0.2, -0.15) is 5.10 Å². The molecule has 3 nitrogen and oxygen atoms in total. The number of aromatic nitrogens is 2. The summed E-state index contributed by atoms with van der Waals surface area (Å²) in [6.07, 6.45) is 6.84. The summed E-state index contributed by atoms with van der Waals surface area (Å²) in [5.74, 6) is 0. The molecule has 1 unspecified atom stereocenters. The molecular weight excluding hydrogens is 186 g/mol. The molecule has 0 saturated heterocycles. The SMILES string of the molecule is CCC(C)n1ccc(CC2(CN)CC2)n1. The van der Waals surface area contributed by atoms with Crippen LogP contribution in [0.25, 0.3) is 0 Å². The van der Waals surface area contributed by atoms with Crippen molar-refractivity contribution < 1.29 is 0 Å². The molecule has 1 atom stereocenters. The Morgan fingerprint density at radius 3 is 2.87 bits per heavy atom. The summed E-state index contributed by atoms with van der Waals surface area (Å²) in [5, 5.41) is 4.62. The number of hydrogen-bond acceptors (Lipinski definition) is 2.